The number of hydrogen-bond donors (Lipinski definition) is 1. The summed E-state index contributed by atoms with van der Waals surface area (Å²) < 4.78 is 15.7. The molecule has 1 aromatic carbocycles. The number of rotatable bonds is 4. The van der Waals surface area contributed by atoms with E-state index in [-0.39, 0.29) is 6.10 Å². The molecular formula is C11H15NO3. The average Bonchev–Trinajstić information content (AvgIpc) is 2.72. The zero-order valence-corrected chi connectivity index (χ0v) is 8.95. The van der Waals surface area contributed by atoms with Crippen LogP contribution in [0.2, 0.25) is 0 Å². The van der Waals surface area contributed by atoms with Crippen LogP contribution in [0.15, 0.2) is 18.2 Å². The summed E-state index contributed by atoms with van der Waals surface area (Å²) in [7, 11) is 1.70. The fraction of sp³-hybridized carbons (Fsp3) is 0.455. The SMILES string of the molecule is COC(C)CNc1ccc2c(c1)OCO2. The van der Waals surface area contributed by atoms with Crippen LogP contribution < -0.4 is 14.8 Å². The number of hydrogen-bond acceptors (Lipinski definition) is 4. The Morgan fingerprint density at radius 2 is 2.20 bits per heavy atom. The third-order valence-corrected chi connectivity index (χ3v) is 2.37. The molecule has 0 fully saturated rings. The molecule has 0 aromatic heterocycles. The van der Waals surface area contributed by atoms with Crippen LogP contribution in [0.3, 0.4) is 0 Å². The molecule has 1 unspecified atom stereocenters. The first-order valence-electron chi connectivity index (χ1n) is 4.96. The summed E-state index contributed by atoms with van der Waals surface area (Å²) >= 11 is 0. The first-order valence-corrected chi connectivity index (χ1v) is 4.96. The van der Waals surface area contributed by atoms with E-state index >= 15 is 0 Å². The number of methoxy groups -OCH3 is 1. The Morgan fingerprint density at radius 3 is 3.00 bits per heavy atom. The maximum atomic E-state index is 5.28. The van der Waals surface area contributed by atoms with Gasteiger partial charge in [-0.25, -0.2) is 0 Å². The van der Waals surface area contributed by atoms with Gasteiger partial charge < -0.3 is 19.5 Å². The van der Waals surface area contributed by atoms with E-state index in [1.165, 1.54) is 0 Å². The monoisotopic (exact) mass is 209 g/mol. The quantitative estimate of drug-likeness (QED) is 0.821. The Kier molecular flexibility index (Phi) is 2.97. The third kappa shape index (κ3) is 2.33. The molecule has 0 radical (unpaired) electrons. The molecule has 0 saturated carbocycles. The normalized spacial score (nSPS) is 15.1. The Hall–Kier alpha value is -1.42. The Morgan fingerprint density at radius 1 is 1.40 bits per heavy atom. The lowest BCUT2D eigenvalue weighted by Gasteiger charge is -2.11. The van der Waals surface area contributed by atoms with Gasteiger partial charge in [-0.1, -0.05) is 0 Å². The van der Waals surface area contributed by atoms with Crippen molar-refractivity contribution in [2.75, 3.05) is 25.8 Å². The summed E-state index contributed by atoms with van der Waals surface area (Å²) in [6.45, 7) is 3.10. The van der Waals surface area contributed by atoms with Crippen molar-refractivity contribution in [3.05, 3.63) is 18.2 Å². The predicted molar refractivity (Wildman–Crippen MR) is 57.5 cm³/mol. The third-order valence-electron chi connectivity index (χ3n) is 2.37. The minimum absolute atomic E-state index is 0.190. The number of benzene rings is 1. The Bertz CT molecular complexity index is 341. The number of nitrogens with one attached hydrogen (secondary N) is 1. The Labute approximate surface area is 89.1 Å². The first kappa shape index (κ1) is 10.1. The van der Waals surface area contributed by atoms with Crippen LogP contribution in [-0.4, -0.2) is 26.6 Å². The molecule has 82 valence electrons. The van der Waals surface area contributed by atoms with Gasteiger partial charge in [-0.15, -0.1) is 0 Å². The van der Waals surface area contributed by atoms with E-state index < -0.39 is 0 Å². The average molecular weight is 209 g/mol. The van der Waals surface area contributed by atoms with Crippen LogP contribution in [0.4, 0.5) is 5.69 Å². The van der Waals surface area contributed by atoms with Gasteiger partial charge in [0.1, 0.15) is 0 Å². The van der Waals surface area contributed by atoms with Gasteiger partial charge in [-0.05, 0) is 19.1 Å². The number of fused-ring (bicyclic) bond motifs is 1. The van der Waals surface area contributed by atoms with Crippen LogP contribution in [0.25, 0.3) is 0 Å². The molecule has 15 heavy (non-hydrogen) atoms. The van der Waals surface area contributed by atoms with Crippen molar-refractivity contribution in [3.63, 3.8) is 0 Å². The van der Waals surface area contributed by atoms with E-state index in [4.69, 9.17) is 14.2 Å². The molecule has 4 nitrogen and oxygen atoms in total. The maximum Gasteiger partial charge on any atom is 0.231 e. The minimum Gasteiger partial charge on any atom is -0.454 e. The highest BCUT2D eigenvalue weighted by atomic mass is 16.7. The first-order chi connectivity index (χ1) is 7.29. The van der Waals surface area contributed by atoms with E-state index in [2.05, 4.69) is 5.32 Å². The van der Waals surface area contributed by atoms with Crippen LogP contribution >= 0.6 is 0 Å². The molecule has 4 heteroatoms. The lowest BCUT2D eigenvalue weighted by Crippen LogP contribution is -2.17. The standard InChI is InChI=1S/C11H15NO3/c1-8(13-2)6-12-9-3-4-10-11(5-9)15-7-14-10/h3-5,8,12H,6-7H2,1-2H3. The molecule has 0 aliphatic carbocycles. The van der Waals surface area contributed by atoms with Gasteiger partial charge in [0.2, 0.25) is 6.79 Å². The summed E-state index contributed by atoms with van der Waals surface area (Å²) in [5.41, 5.74) is 1.02. The van der Waals surface area contributed by atoms with E-state index in [0.717, 1.165) is 23.7 Å². The van der Waals surface area contributed by atoms with Gasteiger partial charge in [0.15, 0.2) is 11.5 Å². The lowest BCUT2D eigenvalue weighted by atomic mass is 10.2. The minimum atomic E-state index is 0.190. The number of anilines is 1. The molecule has 1 aromatic rings. The van der Waals surface area contributed by atoms with E-state index in [1.54, 1.807) is 7.11 Å². The molecule has 2 rings (SSSR count). The predicted octanol–water partition coefficient (Wildman–Crippen LogP) is 1.86. The fourth-order valence-corrected chi connectivity index (χ4v) is 1.35. The van der Waals surface area contributed by atoms with Gasteiger partial charge in [-0.3, -0.25) is 0 Å². The molecule has 0 spiro atoms. The van der Waals surface area contributed by atoms with E-state index in [9.17, 15) is 0 Å². The molecule has 1 N–H and O–H groups in total. The van der Waals surface area contributed by atoms with Crippen molar-refractivity contribution in [3.8, 4) is 11.5 Å². The van der Waals surface area contributed by atoms with E-state index in [1.807, 2.05) is 25.1 Å². The summed E-state index contributed by atoms with van der Waals surface area (Å²) in [6.07, 6.45) is 0.190. The molecule has 1 heterocycles. The smallest absolute Gasteiger partial charge is 0.231 e. The van der Waals surface area contributed by atoms with Crippen molar-refractivity contribution in [1.82, 2.24) is 0 Å². The topological polar surface area (TPSA) is 39.7 Å². The van der Waals surface area contributed by atoms with Gasteiger partial charge >= 0.3 is 0 Å². The second-order valence-electron chi connectivity index (χ2n) is 3.50. The van der Waals surface area contributed by atoms with Crippen LogP contribution in [-0.2, 0) is 4.74 Å². The van der Waals surface area contributed by atoms with Gasteiger partial charge in [0.05, 0.1) is 6.10 Å². The van der Waals surface area contributed by atoms with Crippen LogP contribution in [0, 0.1) is 0 Å². The molecule has 1 aliphatic rings. The lowest BCUT2D eigenvalue weighted by molar-refractivity contribution is 0.129. The van der Waals surface area contributed by atoms with Crippen molar-refractivity contribution in [2.24, 2.45) is 0 Å². The van der Waals surface area contributed by atoms with Crippen LogP contribution in [0.5, 0.6) is 11.5 Å². The summed E-state index contributed by atoms with van der Waals surface area (Å²) in [5, 5.41) is 3.26. The molecule has 0 saturated heterocycles. The summed E-state index contributed by atoms with van der Waals surface area (Å²) in [4.78, 5) is 0. The maximum absolute atomic E-state index is 5.28. The highest BCUT2D eigenvalue weighted by Crippen LogP contribution is 2.34. The van der Waals surface area contributed by atoms with Crippen molar-refractivity contribution in [1.29, 1.82) is 0 Å². The summed E-state index contributed by atoms with van der Waals surface area (Å²) in [6, 6.07) is 5.81. The van der Waals surface area contributed by atoms with Crippen molar-refractivity contribution < 1.29 is 14.2 Å². The second kappa shape index (κ2) is 4.40. The molecule has 1 aliphatic heterocycles. The largest absolute Gasteiger partial charge is 0.454 e. The zero-order valence-electron chi connectivity index (χ0n) is 8.95. The highest BCUT2D eigenvalue weighted by Gasteiger charge is 2.13. The molecule has 0 amide bonds. The van der Waals surface area contributed by atoms with Gasteiger partial charge in [0.25, 0.3) is 0 Å². The molecule has 0 bridgehead atoms. The Balaban J connectivity index is 1.98. The second-order valence-corrected chi connectivity index (χ2v) is 3.50. The van der Waals surface area contributed by atoms with E-state index in [0.29, 0.717) is 6.79 Å². The van der Waals surface area contributed by atoms with Gasteiger partial charge in [-0.2, -0.15) is 0 Å². The fourth-order valence-electron chi connectivity index (χ4n) is 1.35. The zero-order chi connectivity index (χ0) is 10.7. The molecule has 1 atom stereocenters. The van der Waals surface area contributed by atoms with Crippen LogP contribution in [0.1, 0.15) is 6.92 Å². The van der Waals surface area contributed by atoms with Gasteiger partial charge in [0, 0.05) is 25.4 Å². The highest BCUT2D eigenvalue weighted by molar-refractivity contribution is 5.55. The van der Waals surface area contributed by atoms with Crippen molar-refractivity contribution in [2.45, 2.75) is 13.0 Å². The number of ether oxygens (including phenoxy) is 3. The summed E-state index contributed by atoms with van der Waals surface area (Å²) in [5.74, 6) is 1.60. The molecular weight excluding hydrogens is 194 g/mol. The van der Waals surface area contributed by atoms with Crippen molar-refractivity contribution >= 4 is 5.69 Å².